The maximum Gasteiger partial charge on any atom is 0.0652 e. The number of benzene rings is 9. The molecule has 0 N–H and O–H groups in total. The van der Waals surface area contributed by atoms with Gasteiger partial charge < -0.3 is 14.0 Å². The van der Waals surface area contributed by atoms with E-state index >= 15 is 0 Å². The smallest absolute Gasteiger partial charge is 0.0652 e. The molecule has 0 spiro atoms. The van der Waals surface area contributed by atoms with Gasteiger partial charge in [0.05, 0.1) is 63.4 Å². The second-order valence-corrected chi connectivity index (χ2v) is 12.2. The van der Waals surface area contributed by atoms with Crippen LogP contribution in [0.1, 0.15) is 35.6 Å². The van der Waals surface area contributed by atoms with Crippen LogP contribution < -0.4 is 4.90 Å². The Bertz CT molecular complexity index is 4610. The van der Waals surface area contributed by atoms with Gasteiger partial charge in [-0.1, -0.05) is 139 Å². The zero-order valence-corrected chi connectivity index (χ0v) is 28.0. The minimum atomic E-state index is -0.797. The molecule has 11 rings (SSSR count). The van der Waals surface area contributed by atoms with E-state index in [-0.39, 0.29) is 88.3 Å². The summed E-state index contributed by atoms with van der Waals surface area (Å²) in [6, 6.07) is -5.80. The van der Waals surface area contributed by atoms with Crippen molar-refractivity contribution in [3.8, 4) is 22.5 Å². The van der Waals surface area contributed by atoms with Crippen LogP contribution in [-0.2, 0) is 0 Å². The highest BCUT2D eigenvalue weighted by molar-refractivity contribution is 6.24. The lowest BCUT2D eigenvalue weighted by Crippen LogP contribution is -2.11. The SMILES string of the molecule is [2H]c1cc2c3c(N(c4cc([2H])c(-c5cc([2H])c([2H])c([2H])c5[2H])c([2H])c4)c4ccc(-n5c6c([2H])c([2H])c([2H])c([2H])c6c6c([2H])c([2H])c([2H])c([2H])c65)cc4[2H])c4cc([2H])c([2H])c([2H])c4c([2H])c3n(-c3c([2H])c([2H])c([2H])c([2H])c3[2H])c2cc1[2H]. The van der Waals surface area contributed by atoms with Gasteiger partial charge in [-0.2, -0.15) is 0 Å². The minimum Gasteiger partial charge on any atom is -0.309 e. The molecule has 2 heterocycles. The van der Waals surface area contributed by atoms with E-state index in [0.29, 0.717) is 0 Å². The Kier molecular flexibility index (Phi) is 3.41. The van der Waals surface area contributed by atoms with Crippen molar-refractivity contribution < 1.29 is 35.6 Å². The van der Waals surface area contributed by atoms with E-state index in [0.717, 1.165) is 27.3 Å². The van der Waals surface area contributed by atoms with Crippen molar-refractivity contribution in [2.75, 3.05) is 4.90 Å². The molecule has 0 fully saturated rings. The highest BCUT2D eigenvalue weighted by atomic mass is 15.2. The highest BCUT2D eigenvalue weighted by Gasteiger charge is 2.24. The van der Waals surface area contributed by atoms with E-state index < -0.39 is 163 Å². The molecule has 258 valence electrons. The van der Waals surface area contributed by atoms with E-state index in [2.05, 4.69) is 0 Å². The van der Waals surface area contributed by atoms with Gasteiger partial charge in [0.25, 0.3) is 0 Å². The topological polar surface area (TPSA) is 13.1 Å². The zero-order valence-electron chi connectivity index (χ0n) is 54.0. The number of hydrogen-bond acceptors (Lipinski definition) is 1. The van der Waals surface area contributed by atoms with Crippen LogP contribution in [0.5, 0.6) is 0 Å². The molecule has 0 radical (unpaired) electrons. The largest absolute Gasteiger partial charge is 0.309 e. The van der Waals surface area contributed by atoms with E-state index in [1.165, 1.54) is 41.3 Å². The molecular formula is C52H35N3. The summed E-state index contributed by atoms with van der Waals surface area (Å²) in [5.41, 5.74) is -2.79. The van der Waals surface area contributed by atoms with Gasteiger partial charge >= 0.3 is 0 Å². The van der Waals surface area contributed by atoms with Crippen LogP contribution in [-0.4, -0.2) is 9.13 Å². The molecular weight excluding hydrogens is 667 g/mol. The summed E-state index contributed by atoms with van der Waals surface area (Å²) in [6.45, 7) is 0. The molecule has 55 heavy (non-hydrogen) atoms. The molecule has 0 aliphatic heterocycles. The maximum absolute atomic E-state index is 10.0. The normalized spacial score (nSPS) is 18.3. The molecule has 11 aromatic rings. The van der Waals surface area contributed by atoms with E-state index in [1.807, 2.05) is 0 Å². The van der Waals surface area contributed by atoms with Crippen LogP contribution in [0.3, 0.4) is 0 Å². The van der Waals surface area contributed by atoms with Crippen LogP contribution in [0.2, 0.25) is 0 Å². The summed E-state index contributed by atoms with van der Waals surface area (Å²) in [5, 5.41) is -1.25. The minimum absolute atomic E-state index is 0.0352. The van der Waals surface area contributed by atoms with Crippen molar-refractivity contribution in [1.82, 2.24) is 9.13 Å². The lowest BCUT2D eigenvalue weighted by Gasteiger charge is -2.28. The number of aromatic nitrogens is 2. The van der Waals surface area contributed by atoms with Crippen molar-refractivity contribution in [3.05, 3.63) is 212 Å². The molecule has 2 aromatic heterocycles. The van der Waals surface area contributed by atoms with Crippen molar-refractivity contribution in [2.45, 2.75) is 0 Å². The molecule has 3 heteroatoms. The fraction of sp³-hybridized carbons (Fsp3) is 0. The average molecular weight is 728 g/mol. The summed E-state index contributed by atoms with van der Waals surface area (Å²) < 4.78 is 234. The van der Waals surface area contributed by atoms with Crippen LogP contribution >= 0.6 is 0 Å². The molecule has 0 bridgehead atoms. The average Bonchev–Trinajstić information content (AvgIpc) is 3.23. The van der Waals surface area contributed by atoms with Gasteiger partial charge in [0.1, 0.15) is 0 Å². The Labute approximate surface area is 355 Å². The number of nitrogens with zero attached hydrogens (tertiary/aromatic N) is 3. The Morgan fingerprint density at radius 3 is 1.80 bits per heavy atom. The van der Waals surface area contributed by atoms with Crippen LogP contribution in [0, 0.1) is 0 Å². The van der Waals surface area contributed by atoms with Gasteiger partial charge in [0.2, 0.25) is 0 Å². The van der Waals surface area contributed by atoms with E-state index in [9.17, 15) is 6.85 Å². The predicted molar refractivity (Wildman–Crippen MR) is 233 cm³/mol. The molecule has 0 saturated carbocycles. The lowest BCUT2D eigenvalue weighted by molar-refractivity contribution is 1.17. The molecule has 0 atom stereocenters. The van der Waals surface area contributed by atoms with Gasteiger partial charge in [0.15, 0.2) is 0 Å². The van der Waals surface area contributed by atoms with E-state index in [4.69, 9.17) is 28.8 Å². The number of fused-ring (bicyclic) bond motifs is 7. The summed E-state index contributed by atoms with van der Waals surface area (Å²) in [7, 11) is 0. The third kappa shape index (κ3) is 4.98. The first-order valence-electron chi connectivity index (χ1n) is 29.7. The molecule has 0 unspecified atom stereocenters. The molecule has 0 aliphatic rings. The Morgan fingerprint density at radius 2 is 1.00 bits per heavy atom. The standard InChI is InChI=1S/C52H35N3/c1-3-15-36(16-4-1)37-27-29-40(30-28-37)53(41-31-33-42(34-32-41)54-47-24-12-9-21-44(47)45-22-10-13-25-48(45)54)52-43-20-8-7-17-38(43)35-50-51(52)46-23-11-14-26-49(46)55(50)39-18-5-2-6-19-39/h1-35H/i1D,2D,3D,4D,5D,6D,7D,8D,9D,10D,11D,12D,13D,14D,15D,17D,18D,19D,21D,22D,24D,25D,27D,28D,31D,35D. The maximum atomic E-state index is 10.0. The second-order valence-electron chi connectivity index (χ2n) is 12.2. The van der Waals surface area contributed by atoms with Crippen LogP contribution in [0.15, 0.2) is 212 Å². The fourth-order valence-electron chi connectivity index (χ4n) is 7.01. The number of rotatable bonds is 6. The molecule has 3 nitrogen and oxygen atoms in total. The van der Waals surface area contributed by atoms with Crippen LogP contribution in [0.25, 0.3) is 76.9 Å². The Morgan fingerprint density at radius 1 is 0.364 bits per heavy atom. The van der Waals surface area contributed by atoms with Crippen molar-refractivity contribution in [3.63, 3.8) is 0 Å². The lowest BCUT2D eigenvalue weighted by atomic mass is 10.00. The van der Waals surface area contributed by atoms with Gasteiger partial charge in [-0.25, -0.2) is 0 Å². The first-order chi connectivity index (χ1) is 38.0. The Balaban J connectivity index is 1.35. The summed E-state index contributed by atoms with van der Waals surface area (Å²) in [4.78, 5) is 1.26. The predicted octanol–water partition coefficient (Wildman–Crippen LogP) is 14.2. The fourth-order valence-corrected chi connectivity index (χ4v) is 7.01. The monoisotopic (exact) mass is 727 g/mol. The number of para-hydroxylation sites is 4. The number of anilines is 3. The third-order valence-electron chi connectivity index (χ3n) is 9.29. The third-order valence-corrected chi connectivity index (χ3v) is 9.29. The summed E-state index contributed by atoms with van der Waals surface area (Å²) in [6.07, 6.45) is 0. The van der Waals surface area contributed by atoms with Gasteiger partial charge in [-0.15, -0.1) is 0 Å². The quantitative estimate of drug-likeness (QED) is 0.166. The summed E-state index contributed by atoms with van der Waals surface area (Å²) >= 11 is 0. The van der Waals surface area contributed by atoms with Gasteiger partial charge in [0, 0.05) is 49.7 Å². The molecule has 0 amide bonds. The van der Waals surface area contributed by atoms with Gasteiger partial charge in [-0.3, -0.25) is 0 Å². The zero-order chi connectivity index (χ0) is 58.9. The van der Waals surface area contributed by atoms with Crippen molar-refractivity contribution >= 4 is 71.4 Å². The van der Waals surface area contributed by atoms with Crippen LogP contribution in [0.4, 0.5) is 17.1 Å². The van der Waals surface area contributed by atoms with E-state index in [1.54, 1.807) is 0 Å². The molecule has 9 aromatic carbocycles. The van der Waals surface area contributed by atoms with Crippen molar-refractivity contribution in [1.29, 1.82) is 0 Å². The second kappa shape index (κ2) is 12.6. The summed E-state index contributed by atoms with van der Waals surface area (Å²) in [5.74, 6) is 0. The Hall–Kier alpha value is -7.36. The van der Waals surface area contributed by atoms with Crippen molar-refractivity contribution in [2.24, 2.45) is 0 Å². The van der Waals surface area contributed by atoms with Gasteiger partial charge in [-0.05, 0) is 89.2 Å². The first-order valence-corrected chi connectivity index (χ1v) is 16.7. The molecule has 0 saturated heterocycles. The first kappa shape index (κ1) is 14.8. The number of hydrogen-bond donors (Lipinski definition) is 0. The molecule has 0 aliphatic carbocycles. The highest BCUT2D eigenvalue weighted by Crippen LogP contribution is 2.48.